The Morgan fingerprint density at radius 2 is 2.05 bits per heavy atom. The Labute approximate surface area is 116 Å². The smallest absolute Gasteiger partial charge is 0.123 e. The lowest BCUT2D eigenvalue weighted by molar-refractivity contribution is 0.214. The summed E-state index contributed by atoms with van der Waals surface area (Å²) in [6.07, 6.45) is 7.32. The Kier molecular flexibility index (Phi) is 3.67. The molecule has 0 spiro atoms. The van der Waals surface area contributed by atoms with Crippen molar-refractivity contribution in [1.82, 2.24) is 0 Å². The zero-order valence-electron chi connectivity index (χ0n) is 10.7. The molecule has 1 unspecified atom stereocenters. The van der Waals surface area contributed by atoms with Crippen LogP contribution in [0.5, 0.6) is 0 Å². The molecule has 3 rings (SSSR count). The maximum atomic E-state index is 13.2. The van der Waals surface area contributed by atoms with Crippen molar-refractivity contribution in [3.63, 3.8) is 0 Å². The fraction of sp³-hybridized carbons (Fsp3) is 0.375. The van der Waals surface area contributed by atoms with Gasteiger partial charge < -0.3 is 5.11 Å². The lowest BCUT2D eigenvalue weighted by Gasteiger charge is -2.12. The molecule has 1 nitrogen and oxygen atoms in total. The summed E-state index contributed by atoms with van der Waals surface area (Å²) in [4.78, 5) is 0.925. The zero-order valence-corrected chi connectivity index (χ0v) is 11.5. The molecule has 1 heterocycles. The molecule has 3 heteroatoms. The van der Waals surface area contributed by atoms with Crippen LogP contribution in [0.15, 0.2) is 35.9 Å². The van der Waals surface area contributed by atoms with Crippen molar-refractivity contribution in [2.24, 2.45) is 0 Å². The molecule has 0 saturated carbocycles. The van der Waals surface area contributed by atoms with Gasteiger partial charge in [-0.1, -0.05) is 12.5 Å². The second kappa shape index (κ2) is 5.43. The van der Waals surface area contributed by atoms with Gasteiger partial charge in [0.25, 0.3) is 0 Å². The van der Waals surface area contributed by atoms with Gasteiger partial charge in [0, 0.05) is 9.58 Å². The third-order valence-corrected chi connectivity index (χ3v) is 4.86. The van der Waals surface area contributed by atoms with Gasteiger partial charge in [0.2, 0.25) is 0 Å². The summed E-state index contributed by atoms with van der Waals surface area (Å²) in [6.45, 7) is 0. The summed E-state index contributed by atoms with van der Waals surface area (Å²) in [5.41, 5.74) is 1.13. The number of hydrogen-bond donors (Lipinski definition) is 1. The topological polar surface area (TPSA) is 20.2 Å². The summed E-state index contributed by atoms with van der Waals surface area (Å²) >= 11 is 1.56. The Bertz CT molecular complexity index is 614. The molecule has 0 amide bonds. The van der Waals surface area contributed by atoms with Gasteiger partial charge in [0.15, 0.2) is 0 Å². The number of rotatable bonds is 2. The van der Waals surface area contributed by atoms with Crippen LogP contribution in [0.1, 0.15) is 43.1 Å². The SMILES string of the molecule is OC(C1=CCCCCC1)c1cc2cc(F)ccc2s1. The van der Waals surface area contributed by atoms with Crippen molar-refractivity contribution in [3.05, 3.63) is 46.6 Å². The first-order chi connectivity index (χ1) is 9.24. The van der Waals surface area contributed by atoms with Crippen LogP contribution in [0.3, 0.4) is 0 Å². The van der Waals surface area contributed by atoms with Gasteiger partial charge in [-0.25, -0.2) is 4.39 Å². The van der Waals surface area contributed by atoms with Gasteiger partial charge in [-0.3, -0.25) is 0 Å². The van der Waals surface area contributed by atoms with E-state index < -0.39 is 6.10 Å². The molecule has 0 radical (unpaired) electrons. The van der Waals surface area contributed by atoms with E-state index in [4.69, 9.17) is 0 Å². The predicted molar refractivity (Wildman–Crippen MR) is 77.9 cm³/mol. The first kappa shape index (κ1) is 12.8. The standard InChI is InChI=1S/C16H17FOS/c17-13-7-8-14-12(9-13)10-15(19-14)16(18)11-5-3-1-2-4-6-11/h5,7-10,16,18H,1-4,6H2. The maximum absolute atomic E-state index is 13.2. The summed E-state index contributed by atoms with van der Waals surface area (Å²) in [7, 11) is 0. The van der Waals surface area contributed by atoms with Gasteiger partial charge in [-0.05, 0) is 60.9 Å². The van der Waals surface area contributed by atoms with Crippen LogP contribution in [-0.4, -0.2) is 5.11 Å². The number of hydrogen-bond acceptors (Lipinski definition) is 2. The number of halogens is 1. The number of aliphatic hydroxyl groups excluding tert-OH is 1. The number of allylic oxidation sites excluding steroid dienone is 1. The fourth-order valence-corrected chi connectivity index (χ4v) is 3.71. The first-order valence-electron chi connectivity index (χ1n) is 6.80. The highest BCUT2D eigenvalue weighted by molar-refractivity contribution is 7.19. The van der Waals surface area contributed by atoms with Crippen LogP contribution in [-0.2, 0) is 0 Å². The Morgan fingerprint density at radius 1 is 1.16 bits per heavy atom. The molecular weight excluding hydrogens is 259 g/mol. The molecule has 100 valence electrons. The van der Waals surface area contributed by atoms with Crippen molar-refractivity contribution in [2.75, 3.05) is 0 Å². The second-order valence-corrected chi connectivity index (χ2v) is 6.23. The molecule has 1 atom stereocenters. The highest BCUT2D eigenvalue weighted by Gasteiger charge is 2.17. The molecule has 0 fully saturated rings. The highest BCUT2D eigenvalue weighted by Crippen LogP contribution is 2.36. The van der Waals surface area contributed by atoms with E-state index in [1.807, 2.05) is 6.07 Å². The van der Waals surface area contributed by atoms with Crippen LogP contribution in [0.2, 0.25) is 0 Å². The van der Waals surface area contributed by atoms with Crippen molar-refractivity contribution in [1.29, 1.82) is 0 Å². The van der Waals surface area contributed by atoms with Crippen LogP contribution < -0.4 is 0 Å². The van der Waals surface area contributed by atoms with Crippen LogP contribution in [0.4, 0.5) is 4.39 Å². The molecule has 1 aliphatic carbocycles. The van der Waals surface area contributed by atoms with Gasteiger partial charge in [-0.2, -0.15) is 0 Å². The zero-order chi connectivity index (χ0) is 13.2. The Morgan fingerprint density at radius 3 is 2.95 bits per heavy atom. The summed E-state index contributed by atoms with van der Waals surface area (Å²) in [5, 5.41) is 11.4. The molecule has 0 aliphatic heterocycles. The number of thiophene rings is 1. The molecule has 1 aromatic heterocycles. The summed E-state index contributed by atoms with van der Waals surface area (Å²) in [5.74, 6) is -0.222. The van der Waals surface area contributed by atoms with Gasteiger partial charge >= 0.3 is 0 Å². The predicted octanol–water partition coefficient (Wildman–Crippen LogP) is 4.96. The summed E-state index contributed by atoms with van der Waals surface area (Å²) < 4.78 is 14.2. The molecule has 1 N–H and O–H groups in total. The minimum Gasteiger partial charge on any atom is -0.383 e. The third-order valence-electron chi connectivity index (χ3n) is 3.69. The van der Waals surface area contributed by atoms with Crippen LogP contribution in [0.25, 0.3) is 10.1 Å². The molecule has 1 aliphatic rings. The molecule has 2 aromatic rings. The monoisotopic (exact) mass is 276 g/mol. The average Bonchev–Trinajstić information content (AvgIpc) is 2.64. The average molecular weight is 276 g/mol. The van der Waals surface area contributed by atoms with Crippen LogP contribution >= 0.6 is 11.3 Å². The second-order valence-electron chi connectivity index (χ2n) is 5.11. The highest BCUT2D eigenvalue weighted by atomic mass is 32.1. The van der Waals surface area contributed by atoms with Crippen molar-refractivity contribution in [3.8, 4) is 0 Å². The van der Waals surface area contributed by atoms with Gasteiger partial charge in [0.1, 0.15) is 11.9 Å². The van der Waals surface area contributed by atoms with E-state index in [1.54, 1.807) is 17.4 Å². The number of fused-ring (bicyclic) bond motifs is 1. The van der Waals surface area contributed by atoms with E-state index in [2.05, 4.69) is 6.08 Å². The maximum Gasteiger partial charge on any atom is 0.123 e. The third kappa shape index (κ3) is 2.72. The van der Waals surface area contributed by atoms with E-state index in [0.717, 1.165) is 39.8 Å². The van der Waals surface area contributed by atoms with Crippen LogP contribution in [0, 0.1) is 5.82 Å². The normalized spacial score (nSPS) is 18.1. The lowest BCUT2D eigenvalue weighted by atomic mass is 10.0. The Balaban J connectivity index is 1.92. The summed E-state index contributed by atoms with van der Waals surface area (Å²) in [6, 6.07) is 6.70. The molecule has 0 saturated heterocycles. The quantitative estimate of drug-likeness (QED) is 0.768. The van der Waals surface area contributed by atoms with E-state index in [-0.39, 0.29) is 5.82 Å². The minimum atomic E-state index is -0.515. The first-order valence-corrected chi connectivity index (χ1v) is 7.62. The largest absolute Gasteiger partial charge is 0.383 e. The van der Waals surface area contributed by atoms with E-state index >= 15 is 0 Å². The van der Waals surface area contributed by atoms with Crippen molar-refractivity contribution < 1.29 is 9.50 Å². The van der Waals surface area contributed by atoms with E-state index in [9.17, 15) is 9.50 Å². The molecule has 0 bridgehead atoms. The minimum absolute atomic E-state index is 0.222. The van der Waals surface area contributed by atoms with Gasteiger partial charge in [-0.15, -0.1) is 11.3 Å². The van der Waals surface area contributed by atoms with Gasteiger partial charge in [0.05, 0.1) is 0 Å². The lowest BCUT2D eigenvalue weighted by Crippen LogP contribution is -1.98. The number of benzene rings is 1. The van der Waals surface area contributed by atoms with E-state index in [0.29, 0.717) is 0 Å². The molecule has 1 aromatic carbocycles. The van der Waals surface area contributed by atoms with Crippen molar-refractivity contribution >= 4 is 21.4 Å². The molecule has 19 heavy (non-hydrogen) atoms. The van der Waals surface area contributed by atoms with E-state index in [1.165, 1.54) is 25.0 Å². The van der Waals surface area contributed by atoms with Crippen molar-refractivity contribution in [2.45, 2.75) is 38.2 Å². The Hall–Kier alpha value is -1.19. The fourth-order valence-electron chi connectivity index (χ4n) is 2.64. The molecular formula is C16H17FOS. The number of aliphatic hydroxyl groups is 1.